The van der Waals surface area contributed by atoms with Gasteiger partial charge in [0.2, 0.25) is 11.9 Å². The highest BCUT2D eigenvalue weighted by Crippen LogP contribution is 2.24. The van der Waals surface area contributed by atoms with Gasteiger partial charge in [-0.2, -0.15) is 15.0 Å². The number of carbonyl (C=O) groups is 1. The second-order valence-electron chi connectivity index (χ2n) is 6.31. The van der Waals surface area contributed by atoms with E-state index in [4.69, 9.17) is 4.74 Å². The summed E-state index contributed by atoms with van der Waals surface area (Å²) < 4.78 is 4.99. The maximum atomic E-state index is 11.7. The van der Waals surface area contributed by atoms with E-state index < -0.39 is 0 Å². The molecule has 3 rings (SSSR count). The standard InChI is InChI=1S/C17H22N6O2/c1-11(2)14-19-15(21-16(20-14)22(3)4)18-12-6-5-7-13(10-12)23-8-9-25-17(23)24/h5-7,10-11H,8-9H2,1-4H3,(H,18,19,20,21). The zero-order chi connectivity index (χ0) is 18.0. The Balaban J connectivity index is 1.88. The minimum atomic E-state index is -0.325. The molecular formula is C17H22N6O2. The Kier molecular flexibility index (Phi) is 4.69. The molecule has 1 saturated heterocycles. The summed E-state index contributed by atoms with van der Waals surface area (Å²) in [6.07, 6.45) is -0.325. The third kappa shape index (κ3) is 3.78. The van der Waals surface area contributed by atoms with Crippen molar-refractivity contribution in [1.82, 2.24) is 15.0 Å². The maximum absolute atomic E-state index is 11.7. The van der Waals surface area contributed by atoms with Crippen molar-refractivity contribution in [2.24, 2.45) is 0 Å². The van der Waals surface area contributed by atoms with E-state index in [1.165, 1.54) is 0 Å². The fraction of sp³-hybridized carbons (Fsp3) is 0.412. The molecular weight excluding hydrogens is 320 g/mol. The summed E-state index contributed by atoms with van der Waals surface area (Å²) in [6.45, 7) is 5.04. The van der Waals surface area contributed by atoms with Crippen LogP contribution in [0.2, 0.25) is 0 Å². The van der Waals surface area contributed by atoms with Gasteiger partial charge in [0.25, 0.3) is 0 Å². The minimum absolute atomic E-state index is 0.188. The number of nitrogens with zero attached hydrogens (tertiary/aromatic N) is 5. The van der Waals surface area contributed by atoms with Gasteiger partial charge in [0.05, 0.1) is 6.54 Å². The fourth-order valence-electron chi connectivity index (χ4n) is 2.40. The summed E-state index contributed by atoms with van der Waals surface area (Å²) in [5.74, 6) is 1.98. The van der Waals surface area contributed by atoms with Crippen LogP contribution in [0.1, 0.15) is 25.6 Å². The summed E-state index contributed by atoms with van der Waals surface area (Å²) in [5, 5.41) is 3.21. The van der Waals surface area contributed by atoms with Gasteiger partial charge in [0.15, 0.2) is 0 Å². The van der Waals surface area contributed by atoms with Gasteiger partial charge in [-0.1, -0.05) is 19.9 Å². The Morgan fingerprint density at radius 3 is 2.68 bits per heavy atom. The van der Waals surface area contributed by atoms with Crippen LogP contribution in [0.25, 0.3) is 0 Å². The van der Waals surface area contributed by atoms with Crippen LogP contribution in [0.15, 0.2) is 24.3 Å². The molecule has 132 valence electrons. The van der Waals surface area contributed by atoms with E-state index >= 15 is 0 Å². The van der Waals surface area contributed by atoms with Crippen LogP contribution < -0.4 is 15.1 Å². The van der Waals surface area contributed by atoms with Crippen molar-refractivity contribution < 1.29 is 9.53 Å². The number of ether oxygens (including phenoxy) is 1. The minimum Gasteiger partial charge on any atom is -0.447 e. The number of amides is 1. The average molecular weight is 342 g/mol. The number of rotatable bonds is 5. The SMILES string of the molecule is CC(C)c1nc(Nc2cccc(N3CCOC3=O)c2)nc(N(C)C)n1. The molecule has 1 aromatic heterocycles. The lowest BCUT2D eigenvalue weighted by molar-refractivity contribution is 0.181. The van der Waals surface area contributed by atoms with Crippen molar-refractivity contribution in [3.05, 3.63) is 30.1 Å². The molecule has 0 spiro atoms. The predicted octanol–water partition coefficient (Wildman–Crippen LogP) is 2.76. The molecule has 2 aromatic rings. The zero-order valence-electron chi connectivity index (χ0n) is 14.9. The zero-order valence-corrected chi connectivity index (χ0v) is 14.9. The second-order valence-corrected chi connectivity index (χ2v) is 6.31. The van der Waals surface area contributed by atoms with Crippen molar-refractivity contribution in [3.63, 3.8) is 0 Å². The van der Waals surface area contributed by atoms with Crippen molar-refractivity contribution in [1.29, 1.82) is 0 Å². The molecule has 2 heterocycles. The Morgan fingerprint density at radius 2 is 2.04 bits per heavy atom. The molecule has 1 aromatic carbocycles. The van der Waals surface area contributed by atoms with E-state index in [9.17, 15) is 4.79 Å². The van der Waals surface area contributed by atoms with Crippen molar-refractivity contribution in [2.45, 2.75) is 19.8 Å². The normalized spacial score (nSPS) is 14.0. The molecule has 0 radical (unpaired) electrons. The number of hydrogen-bond acceptors (Lipinski definition) is 7. The predicted molar refractivity (Wildman–Crippen MR) is 96.7 cm³/mol. The molecule has 25 heavy (non-hydrogen) atoms. The quantitative estimate of drug-likeness (QED) is 0.894. The third-order valence-electron chi connectivity index (χ3n) is 3.73. The summed E-state index contributed by atoms with van der Waals surface area (Å²) in [6, 6.07) is 7.52. The first-order valence-electron chi connectivity index (χ1n) is 8.18. The van der Waals surface area contributed by atoms with Gasteiger partial charge in [-0.15, -0.1) is 0 Å². The second kappa shape index (κ2) is 6.92. The Hall–Kier alpha value is -2.90. The average Bonchev–Trinajstić information content (AvgIpc) is 3.00. The molecule has 8 nitrogen and oxygen atoms in total. The Labute approximate surface area is 146 Å². The molecule has 1 aliphatic heterocycles. The number of cyclic esters (lactones) is 1. The number of carbonyl (C=O) groups excluding carboxylic acids is 1. The van der Waals surface area contributed by atoms with Crippen LogP contribution in [0.3, 0.4) is 0 Å². The van der Waals surface area contributed by atoms with Crippen molar-refractivity contribution in [3.8, 4) is 0 Å². The smallest absolute Gasteiger partial charge is 0.414 e. The van der Waals surface area contributed by atoms with Gasteiger partial charge in [-0.25, -0.2) is 4.79 Å². The molecule has 0 aliphatic carbocycles. The summed E-state index contributed by atoms with van der Waals surface area (Å²) in [5.41, 5.74) is 1.57. The van der Waals surface area contributed by atoms with Crippen LogP contribution in [-0.4, -0.2) is 48.3 Å². The van der Waals surface area contributed by atoms with Crippen LogP contribution in [0, 0.1) is 0 Å². The number of hydrogen-bond donors (Lipinski definition) is 1. The summed E-state index contributed by atoms with van der Waals surface area (Å²) in [4.78, 5) is 28.6. The van der Waals surface area contributed by atoms with E-state index in [1.807, 2.05) is 57.1 Å². The van der Waals surface area contributed by atoms with Gasteiger partial charge in [-0.3, -0.25) is 4.90 Å². The highest BCUT2D eigenvalue weighted by molar-refractivity contribution is 5.90. The van der Waals surface area contributed by atoms with E-state index in [2.05, 4.69) is 20.3 Å². The molecule has 1 fully saturated rings. The van der Waals surface area contributed by atoms with Gasteiger partial charge in [0, 0.05) is 31.4 Å². The first kappa shape index (κ1) is 16.9. The highest BCUT2D eigenvalue weighted by Gasteiger charge is 2.23. The fourth-order valence-corrected chi connectivity index (χ4v) is 2.40. The van der Waals surface area contributed by atoms with Gasteiger partial charge < -0.3 is 15.0 Å². The molecule has 8 heteroatoms. The Bertz CT molecular complexity index is 751. The van der Waals surface area contributed by atoms with Crippen LogP contribution in [0.4, 0.5) is 28.1 Å². The molecule has 0 atom stereocenters. The van der Waals surface area contributed by atoms with Crippen molar-refractivity contribution in [2.75, 3.05) is 42.4 Å². The lowest BCUT2D eigenvalue weighted by Gasteiger charge is -2.16. The van der Waals surface area contributed by atoms with E-state index in [1.54, 1.807) is 4.90 Å². The molecule has 1 aliphatic rings. The molecule has 0 bridgehead atoms. The van der Waals surface area contributed by atoms with Crippen LogP contribution in [-0.2, 0) is 4.74 Å². The first-order valence-corrected chi connectivity index (χ1v) is 8.18. The monoisotopic (exact) mass is 342 g/mol. The third-order valence-corrected chi connectivity index (χ3v) is 3.73. The van der Waals surface area contributed by atoms with Crippen LogP contribution in [0.5, 0.6) is 0 Å². The number of nitrogens with one attached hydrogen (secondary N) is 1. The summed E-state index contributed by atoms with van der Waals surface area (Å²) >= 11 is 0. The van der Waals surface area contributed by atoms with Crippen LogP contribution >= 0.6 is 0 Å². The number of benzene rings is 1. The lowest BCUT2D eigenvalue weighted by Crippen LogP contribution is -2.23. The van der Waals surface area contributed by atoms with Crippen molar-refractivity contribution >= 4 is 29.4 Å². The molecule has 0 unspecified atom stereocenters. The molecule has 1 N–H and O–H groups in total. The van der Waals surface area contributed by atoms with Gasteiger partial charge in [-0.05, 0) is 18.2 Å². The topological polar surface area (TPSA) is 83.5 Å². The first-order chi connectivity index (χ1) is 11.9. The van der Waals surface area contributed by atoms with E-state index in [0.717, 1.165) is 17.2 Å². The number of anilines is 4. The molecule has 1 amide bonds. The van der Waals surface area contributed by atoms with E-state index in [0.29, 0.717) is 25.0 Å². The van der Waals surface area contributed by atoms with Gasteiger partial charge in [0.1, 0.15) is 12.4 Å². The van der Waals surface area contributed by atoms with Gasteiger partial charge >= 0.3 is 6.09 Å². The lowest BCUT2D eigenvalue weighted by atomic mass is 10.2. The Morgan fingerprint density at radius 1 is 1.24 bits per heavy atom. The largest absolute Gasteiger partial charge is 0.447 e. The van der Waals surface area contributed by atoms with E-state index in [-0.39, 0.29) is 12.0 Å². The highest BCUT2D eigenvalue weighted by atomic mass is 16.6. The number of aromatic nitrogens is 3. The molecule has 0 saturated carbocycles. The summed E-state index contributed by atoms with van der Waals surface area (Å²) in [7, 11) is 3.78. The maximum Gasteiger partial charge on any atom is 0.414 e.